The number of hydrogen-bond donors (Lipinski definition) is 0. The van der Waals surface area contributed by atoms with Gasteiger partial charge < -0.3 is 9.47 Å². The molecule has 0 bridgehead atoms. The third kappa shape index (κ3) is 5.89. The number of benzene rings is 1. The fourth-order valence-electron chi connectivity index (χ4n) is 3.07. The van der Waals surface area contributed by atoms with Gasteiger partial charge in [-0.2, -0.15) is 5.26 Å². The minimum Gasteiger partial charge on any atom is -0.348 e. The molecule has 1 aliphatic heterocycles. The molecule has 1 saturated heterocycles. The summed E-state index contributed by atoms with van der Waals surface area (Å²) in [5, 5.41) is 8.78. The van der Waals surface area contributed by atoms with Gasteiger partial charge in [-0.05, 0) is 24.6 Å². The van der Waals surface area contributed by atoms with Gasteiger partial charge in [-0.1, -0.05) is 51.9 Å². The van der Waals surface area contributed by atoms with Crippen molar-refractivity contribution in [2.75, 3.05) is 13.2 Å². The summed E-state index contributed by atoms with van der Waals surface area (Å²) in [6.45, 7) is 3.46. The van der Waals surface area contributed by atoms with Gasteiger partial charge in [0.1, 0.15) is 5.82 Å². The summed E-state index contributed by atoms with van der Waals surface area (Å²) in [5.74, 6) is -0.0390. The van der Waals surface area contributed by atoms with Gasteiger partial charge in [-0.25, -0.2) is 4.39 Å². The Morgan fingerprint density at radius 1 is 1.08 bits per heavy atom. The number of rotatable bonds is 9. The molecule has 24 heavy (non-hydrogen) atoms. The maximum absolute atomic E-state index is 14.0. The molecule has 0 saturated carbocycles. The van der Waals surface area contributed by atoms with E-state index in [4.69, 9.17) is 14.7 Å². The highest BCUT2D eigenvalue weighted by Crippen LogP contribution is 2.29. The van der Waals surface area contributed by atoms with Crippen LogP contribution in [-0.4, -0.2) is 13.2 Å². The summed E-state index contributed by atoms with van der Waals surface area (Å²) in [4.78, 5) is 0. The van der Waals surface area contributed by atoms with Gasteiger partial charge in [0, 0.05) is 11.5 Å². The van der Waals surface area contributed by atoms with E-state index in [2.05, 4.69) is 6.92 Å². The molecule has 0 amide bonds. The number of halogens is 1. The molecule has 0 aliphatic carbocycles. The Balaban J connectivity index is 1.66. The van der Waals surface area contributed by atoms with Crippen molar-refractivity contribution < 1.29 is 13.9 Å². The van der Waals surface area contributed by atoms with Crippen LogP contribution in [0.5, 0.6) is 0 Å². The van der Waals surface area contributed by atoms with Crippen LogP contribution in [0.15, 0.2) is 18.2 Å². The van der Waals surface area contributed by atoms with Crippen molar-refractivity contribution in [3.8, 4) is 6.07 Å². The Morgan fingerprint density at radius 3 is 2.38 bits per heavy atom. The van der Waals surface area contributed by atoms with Crippen molar-refractivity contribution in [2.45, 2.75) is 64.6 Å². The largest absolute Gasteiger partial charge is 0.348 e. The first-order valence-corrected chi connectivity index (χ1v) is 9.17. The van der Waals surface area contributed by atoms with Crippen molar-refractivity contribution in [1.29, 1.82) is 5.26 Å². The lowest BCUT2D eigenvalue weighted by Crippen LogP contribution is -2.27. The van der Waals surface area contributed by atoms with Crippen LogP contribution < -0.4 is 0 Å². The molecule has 4 heteroatoms. The number of ether oxygens (including phenoxy) is 2. The molecule has 0 N–H and O–H groups in total. The summed E-state index contributed by atoms with van der Waals surface area (Å²) in [6.07, 6.45) is 9.57. The third-order valence-electron chi connectivity index (χ3n) is 4.57. The summed E-state index contributed by atoms with van der Waals surface area (Å²) >= 11 is 0. The van der Waals surface area contributed by atoms with Crippen LogP contribution in [0.2, 0.25) is 0 Å². The smallest absolute Gasteiger partial charge is 0.186 e. The van der Waals surface area contributed by atoms with Crippen LogP contribution in [0.3, 0.4) is 0 Å². The molecule has 2 rings (SSSR count). The average Bonchev–Trinajstić information content (AvgIpc) is 2.61. The first-order valence-electron chi connectivity index (χ1n) is 9.17. The normalized spacial score (nSPS) is 20.7. The van der Waals surface area contributed by atoms with Crippen LogP contribution in [0, 0.1) is 23.1 Å². The molecule has 0 spiro atoms. The minimum atomic E-state index is -0.650. The van der Waals surface area contributed by atoms with E-state index in [1.54, 1.807) is 12.1 Å². The number of hydrogen-bond acceptors (Lipinski definition) is 3. The molecule has 0 atom stereocenters. The zero-order valence-electron chi connectivity index (χ0n) is 14.6. The standard InChI is InChI=1S/C20H28FNO2/c1-2-3-4-5-6-7-8-9-17-14-23-20(24-15-17)18-11-10-16(13-22)12-19(18)21/h10-12,17,20H,2-9,14-15H2,1H3. The molecular formula is C20H28FNO2. The van der Waals surface area contributed by atoms with E-state index in [0.717, 1.165) is 6.42 Å². The molecular weight excluding hydrogens is 305 g/mol. The van der Waals surface area contributed by atoms with Gasteiger partial charge in [-0.15, -0.1) is 0 Å². The van der Waals surface area contributed by atoms with Crippen molar-refractivity contribution in [3.63, 3.8) is 0 Å². The minimum absolute atomic E-state index is 0.309. The van der Waals surface area contributed by atoms with Crippen LogP contribution in [-0.2, 0) is 9.47 Å². The Bertz CT molecular complexity index is 533. The molecule has 3 nitrogen and oxygen atoms in total. The fourth-order valence-corrected chi connectivity index (χ4v) is 3.07. The quantitative estimate of drug-likeness (QED) is 0.560. The molecule has 0 unspecified atom stereocenters. The highest BCUT2D eigenvalue weighted by atomic mass is 19.1. The van der Waals surface area contributed by atoms with Crippen LogP contribution in [0.4, 0.5) is 4.39 Å². The molecule has 0 radical (unpaired) electrons. The van der Waals surface area contributed by atoms with Gasteiger partial charge in [0.15, 0.2) is 6.29 Å². The SMILES string of the molecule is CCCCCCCCCC1COC(c2ccc(C#N)cc2F)OC1. The van der Waals surface area contributed by atoms with Gasteiger partial charge in [0.2, 0.25) is 0 Å². The Morgan fingerprint density at radius 2 is 1.75 bits per heavy atom. The van der Waals surface area contributed by atoms with Crippen LogP contribution in [0.1, 0.15) is 75.7 Å². The van der Waals surface area contributed by atoms with Crippen molar-refractivity contribution >= 4 is 0 Å². The predicted molar refractivity (Wildman–Crippen MR) is 91.9 cm³/mol. The molecule has 1 fully saturated rings. The summed E-state index contributed by atoms with van der Waals surface area (Å²) in [7, 11) is 0. The molecule has 1 aromatic carbocycles. The van der Waals surface area contributed by atoms with Crippen molar-refractivity contribution in [3.05, 3.63) is 35.1 Å². The second-order valence-corrected chi connectivity index (χ2v) is 6.62. The average molecular weight is 333 g/mol. The molecule has 1 aliphatic rings. The van der Waals surface area contributed by atoms with Gasteiger partial charge >= 0.3 is 0 Å². The van der Waals surface area contributed by atoms with E-state index < -0.39 is 12.1 Å². The maximum Gasteiger partial charge on any atom is 0.186 e. The zero-order valence-corrected chi connectivity index (χ0v) is 14.6. The Kier molecular flexibility index (Phi) is 8.21. The van der Waals surface area contributed by atoms with Crippen molar-refractivity contribution in [1.82, 2.24) is 0 Å². The highest BCUT2D eigenvalue weighted by Gasteiger charge is 2.25. The molecule has 1 heterocycles. The topological polar surface area (TPSA) is 42.2 Å². The summed E-state index contributed by atoms with van der Waals surface area (Å²) < 4.78 is 25.4. The lowest BCUT2D eigenvalue weighted by molar-refractivity contribution is -0.207. The predicted octanol–water partition coefficient (Wildman–Crippen LogP) is 5.50. The van der Waals surface area contributed by atoms with E-state index in [-0.39, 0.29) is 0 Å². The van der Waals surface area contributed by atoms with E-state index in [1.807, 2.05) is 6.07 Å². The van der Waals surface area contributed by atoms with Crippen LogP contribution in [0.25, 0.3) is 0 Å². The summed E-state index contributed by atoms with van der Waals surface area (Å²) in [5.41, 5.74) is 0.687. The molecule has 132 valence electrons. The van der Waals surface area contributed by atoms with E-state index in [9.17, 15) is 4.39 Å². The lowest BCUT2D eigenvalue weighted by atomic mass is 10.0. The second-order valence-electron chi connectivity index (χ2n) is 6.62. The van der Waals surface area contributed by atoms with Gasteiger partial charge in [0.05, 0.1) is 24.8 Å². The summed E-state index contributed by atoms with van der Waals surface area (Å²) in [6, 6.07) is 6.33. The third-order valence-corrected chi connectivity index (χ3v) is 4.57. The Labute approximate surface area is 144 Å². The van der Waals surface area contributed by atoms with Gasteiger partial charge in [0.25, 0.3) is 0 Å². The highest BCUT2D eigenvalue weighted by molar-refractivity contribution is 5.33. The maximum atomic E-state index is 14.0. The lowest BCUT2D eigenvalue weighted by Gasteiger charge is -2.29. The molecule has 1 aromatic rings. The number of unbranched alkanes of at least 4 members (excludes halogenated alkanes) is 6. The molecule has 0 aromatic heterocycles. The number of nitrogens with zero attached hydrogens (tertiary/aromatic N) is 1. The Hall–Kier alpha value is -1.44. The van der Waals surface area contributed by atoms with Crippen molar-refractivity contribution in [2.24, 2.45) is 5.92 Å². The first-order chi connectivity index (χ1) is 11.7. The second kappa shape index (κ2) is 10.4. The van der Waals surface area contributed by atoms with Crippen LogP contribution >= 0.6 is 0 Å². The van der Waals surface area contributed by atoms with E-state index in [0.29, 0.717) is 30.3 Å². The van der Waals surface area contributed by atoms with E-state index in [1.165, 1.54) is 51.0 Å². The number of nitriles is 1. The zero-order chi connectivity index (χ0) is 17.2. The van der Waals surface area contributed by atoms with E-state index >= 15 is 0 Å². The monoisotopic (exact) mass is 333 g/mol. The first kappa shape index (κ1) is 18.9. The fraction of sp³-hybridized carbons (Fsp3) is 0.650. The van der Waals surface area contributed by atoms with Gasteiger partial charge in [-0.3, -0.25) is 0 Å².